The summed E-state index contributed by atoms with van der Waals surface area (Å²) in [6.45, 7) is 0. The molecule has 1 atom stereocenters. The first-order valence-electron chi connectivity index (χ1n) is 4.70. The Morgan fingerprint density at radius 3 is 3.07 bits per heavy atom. The molecule has 0 saturated carbocycles. The molecule has 2 rings (SSSR count). The van der Waals surface area contributed by atoms with E-state index in [9.17, 15) is 9.50 Å². The fraction of sp³-hybridized carbons (Fsp3) is 0.455. The summed E-state index contributed by atoms with van der Waals surface area (Å²) in [4.78, 5) is 0. The number of benzene rings is 1. The van der Waals surface area contributed by atoms with Gasteiger partial charge in [-0.15, -0.1) is 0 Å². The molecule has 0 aliphatic heterocycles. The molecule has 0 bridgehead atoms. The van der Waals surface area contributed by atoms with Crippen LogP contribution < -0.4 is 0 Å². The van der Waals surface area contributed by atoms with E-state index in [1.807, 2.05) is 6.26 Å². The lowest BCUT2D eigenvalue weighted by atomic mass is 10.0. The number of aliphatic hydroxyl groups is 1. The lowest BCUT2D eigenvalue weighted by molar-refractivity contribution is 0.179. The summed E-state index contributed by atoms with van der Waals surface area (Å²) < 4.78 is 13.2. The zero-order valence-electron chi connectivity index (χ0n) is 8.09. The zero-order chi connectivity index (χ0) is 10.1. The van der Waals surface area contributed by atoms with Crippen LogP contribution in [0.2, 0.25) is 0 Å². The lowest BCUT2D eigenvalue weighted by Gasteiger charge is -2.08. The van der Waals surface area contributed by atoms with E-state index >= 15 is 0 Å². The molecule has 1 nitrogen and oxygen atoms in total. The standard InChI is InChI=1S/C11H13FOS/c1-14-6-7-4-8(12)5-10-9(7)2-3-11(10)13/h4-5,11,13H,2-3,6H2,1H3. The SMILES string of the molecule is CSCc1cc(F)cc2c1CCC2O. The number of halogens is 1. The predicted octanol–water partition coefficient (Wildman–Crippen LogP) is 2.67. The second-order valence-corrected chi connectivity index (χ2v) is 4.49. The van der Waals surface area contributed by atoms with Crippen molar-refractivity contribution in [2.75, 3.05) is 6.26 Å². The molecule has 0 saturated heterocycles. The number of hydrogen-bond donors (Lipinski definition) is 1. The van der Waals surface area contributed by atoms with Crippen LogP contribution in [0.25, 0.3) is 0 Å². The number of thioether (sulfide) groups is 1. The molecule has 1 aliphatic rings. The lowest BCUT2D eigenvalue weighted by Crippen LogP contribution is -1.96. The maximum Gasteiger partial charge on any atom is 0.123 e. The van der Waals surface area contributed by atoms with E-state index in [1.165, 1.54) is 6.07 Å². The summed E-state index contributed by atoms with van der Waals surface area (Å²) >= 11 is 1.68. The van der Waals surface area contributed by atoms with Crippen LogP contribution in [0.4, 0.5) is 4.39 Å². The van der Waals surface area contributed by atoms with Gasteiger partial charge in [0.1, 0.15) is 5.82 Å². The Balaban J connectivity index is 2.46. The molecule has 0 radical (unpaired) electrons. The van der Waals surface area contributed by atoms with Crippen molar-refractivity contribution in [3.05, 3.63) is 34.6 Å². The van der Waals surface area contributed by atoms with Gasteiger partial charge in [-0.25, -0.2) is 4.39 Å². The molecule has 1 unspecified atom stereocenters. The van der Waals surface area contributed by atoms with Gasteiger partial charge in [-0.05, 0) is 47.9 Å². The van der Waals surface area contributed by atoms with Gasteiger partial charge in [-0.3, -0.25) is 0 Å². The predicted molar refractivity (Wildman–Crippen MR) is 56.9 cm³/mol. The van der Waals surface area contributed by atoms with E-state index in [1.54, 1.807) is 17.8 Å². The Morgan fingerprint density at radius 1 is 1.57 bits per heavy atom. The van der Waals surface area contributed by atoms with Crippen molar-refractivity contribution in [2.45, 2.75) is 24.7 Å². The Labute approximate surface area is 87.3 Å². The molecule has 76 valence electrons. The van der Waals surface area contributed by atoms with Crippen LogP contribution >= 0.6 is 11.8 Å². The van der Waals surface area contributed by atoms with Gasteiger partial charge < -0.3 is 5.11 Å². The molecule has 0 heterocycles. The minimum absolute atomic E-state index is 0.228. The van der Waals surface area contributed by atoms with E-state index in [-0.39, 0.29) is 5.82 Å². The number of rotatable bonds is 2. The van der Waals surface area contributed by atoms with Gasteiger partial charge in [0.2, 0.25) is 0 Å². The van der Waals surface area contributed by atoms with Crippen molar-refractivity contribution >= 4 is 11.8 Å². The minimum Gasteiger partial charge on any atom is -0.388 e. The normalized spacial score (nSPS) is 19.8. The molecule has 14 heavy (non-hydrogen) atoms. The number of hydrogen-bond acceptors (Lipinski definition) is 2. The molecular formula is C11H13FOS. The first-order chi connectivity index (χ1) is 6.72. The molecule has 0 spiro atoms. The van der Waals surface area contributed by atoms with Crippen LogP contribution in [0.1, 0.15) is 29.2 Å². The van der Waals surface area contributed by atoms with Crippen LogP contribution in [-0.4, -0.2) is 11.4 Å². The topological polar surface area (TPSA) is 20.2 Å². The zero-order valence-corrected chi connectivity index (χ0v) is 8.90. The molecular weight excluding hydrogens is 199 g/mol. The summed E-state index contributed by atoms with van der Waals surface area (Å²) in [6.07, 6.45) is 3.16. The highest BCUT2D eigenvalue weighted by molar-refractivity contribution is 7.97. The van der Waals surface area contributed by atoms with Gasteiger partial charge in [0.25, 0.3) is 0 Å². The van der Waals surface area contributed by atoms with Crippen LogP contribution in [0, 0.1) is 5.82 Å². The summed E-state index contributed by atoms with van der Waals surface area (Å²) in [5.74, 6) is 0.598. The molecule has 1 aliphatic carbocycles. The van der Waals surface area contributed by atoms with Crippen LogP contribution in [0.5, 0.6) is 0 Å². The summed E-state index contributed by atoms with van der Waals surface area (Å²) in [5.41, 5.74) is 3.01. The van der Waals surface area contributed by atoms with Gasteiger partial charge in [-0.1, -0.05) is 0 Å². The van der Waals surface area contributed by atoms with Crippen LogP contribution in [0.15, 0.2) is 12.1 Å². The number of aliphatic hydroxyl groups excluding tert-OH is 1. The average Bonchev–Trinajstić information content (AvgIpc) is 2.49. The quantitative estimate of drug-likeness (QED) is 0.813. The van der Waals surface area contributed by atoms with E-state index < -0.39 is 6.10 Å². The third kappa shape index (κ3) is 1.66. The van der Waals surface area contributed by atoms with Crippen molar-refractivity contribution < 1.29 is 9.50 Å². The Kier molecular flexibility index (Phi) is 2.79. The molecule has 1 aromatic rings. The Morgan fingerprint density at radius 2 is 2.36 bits per heavy atom. The van der Waals surface area contributed by atoms with Crippen LogP contribution in [0.3, 0.4) is 0 Å². The summed E-state index contributed by atoms with van der Waals surface area (Å²) in [6, 6.07) is 3.06. The largest absolute Gasteiger partial charge is 0.388 e. The van der Waals surface area contributed by atoms with E-state index in [0.717, 1.165) is 35.3 Å². The van der Waals surface area contributed by atoms with Crippen molar-refractivity contribution in [2.24, 2.45) is 0 Å². The minimum atomic E-state index is -0.457. The third-order valence-electron chi connectivity index (χ3n) is 2.67. The monoisotopic (exact) mass is 212 g/mol. The van der Waals surface area contributed by atoms with Crippen molar-refractivity contribution in [3.8, 4) is 0 Å². The highest BCUT2D eigenvalue weighted by atomic mass is 32.2. The Bertz CT molecular complexity index is 351. The van der Waals surface area contributed by atoms with Gasteiger partial charge in [0.05, 0.1) is 6.10 Å². The molecule has 1 aromatic carbocycles. The van der Waals surface area contributed by atoms with Gasteiger partial charge in [0, 0.05) is 5.75 Å². The van der Waals surface area contributed by atoms with Crippen LogP contribution in [-0.2, 0) is 12.2 Å². The summed E-state index contributed by atoms with van der Waals surface area (Å²) in [5, 5.41) is 9.62. The fourth-order valence-corrected chi connectivity index (χ4v) is 2.61. The first kappa shape index (κ1) is 9.99. The van der Waals surface area contributed by atoms with Crippen molar-refractivity contribution in [1.82, 2.24) is 0 Å². The molecule has 0 amide bonds. The molecule has 0 fully saturated rings. The van der Waals surface area contributed by atoms with E-state index in [0.29, 0.717) is 0 Å². The van der Waals surface area contributed by atoms with Crippen molar-refractivity contribution in [3.63, 3.8) is 0 Å². The van der Waals surface area contributed by atoms with Gasteiger partial charge >= 0.3 is 0 Å². The second-order valence-electron chi connectivity index (χ2n) is 3.62. The first-order valence-corrected chi connectivity index (χ1v) is 6.10. The maximum atomic E-state index is 13.2. The van der Waals surface area contributed by atoms with Crippen molar-refractivity contribution in [1.29, 1.82) is 0 Å². The fourth-order valence-electron chi connectivity index (χ4n) is 2.04. The van der Waals surface area contributed by atoms with Gasteiger partial charge in [-0.2, -0.15) is 11.8 Å². The smallest absolute Gasteiger partial charge is 0.123 e. The Hall–Kier alpha value is -0.540. The molecule has 3 heteroatoms. The second kappa shape index (κ2) is 3.91. The molecule has 0 aromatic heterocycles. The third-order valence-corrected chi connectivity index (χ3v) is 3.27. The van der Waals surface area contributed by atoms with Gasteiger partial charge in [0.15, 0.2) is 0 Å². The van der Waals surface area contributed by atoms with E-state index in [4.69, 9.17) is 0 Å². The molecule has 1 N–H and O–H groups in total. The number of fused-ring (bicyclic) bond motifs is 1. The highest BCUT2D eigenvalue weighted by Crippen LogP contribution is 2.35. The van der Waals surface area contributed by atoms with E-state index in [2.05, 4.69) is 0 Å². The summed E-state index contributed by atoms with van der Waals surface area (Å²) in [7, 11) is 0. The maximum absolute atomic E-state index is 13.2. The average molecular weight is 212 g/mol. The highest BCUT2D eigenvalue weighted by Gasteiger charge is 2.23.